The van der Waals surface area contributed by atoms with Gasteiger partial charge in [-0.15, -0.1) is 0 Å². The zero-order valence-electron chi connectivity index (χ0n) is 19.2. The largest absolute Gasteiger partial charge is 0.482 e. The van der Waals surface area contributed by atoms with Crippen LogP contribution < -0.4 is 9.64 Å². The van der Waals surface area contributed by atoms with Gasteiger partial charge in [0, 0.05) is 25.8 Å². The molecule has 0 radical (unpaired) electrons. The summed E-state index contributed by atoms with van der Waals surface area (Å²) in [6, 6.07) is 7.34. The predicted octanol–water partition coefficient (Wildman–Crippen LogP) is 2.64. The lowest BCUT2D eigenvalue weighted by atomic mass is 9.85. The second-order valence-electron chi connectivity index (χ2n) is 8.15. The van der Waals surface area contributed by atoms with E-state index in [-0.39, 0.29) is 18.6 Å². The van der Waals surface area contributed by atoms with Crippen LogP contribution in [0.15, 0.2) is 24.3 Å². The Kier molecular flexibility index (Phi) is 7.82. The van der Waals surface area contributed by atoms with Gasteiger partial charge in [0.1, 0.15) is 11.3 Å². The highest BCUT2D eigenvalue weighted by molar-refractivity contribution is 5.93. The number of carbonyl (C=O) groups is 3. The van der Waals surface area contributed by atoms with E-state index in [4.69, 9.17) is 14.2 Å². The van der Waals surface area contributed by atoms with E-state index in [1.165, 1.54) is 0 Å². The monoisotopic (exact) mass is 447 g/mol. The number of likely N-dealkylation sites (N-methyl/N-ethyl adjacent to an activating group) is 1. The maximum Gasteiger partial charge on any atom is 0.409 e. The van der Waals surface area contributed by atoms with Gasteiger partial charge >= 0.3 is 12.1 Å². The molecule has 1 aromatic carbocycles. The number of unbranched alkanes of at least 4 members (excludes halogenated alkanes) is 1. The maximum absolute atomic E-state index is 13.1. The first-order chi connectivity index (χ1) is 15.4. The predicted molar refractivity (Wildman–Crippen MR) is 118 cm³/mol. The summed E-state index contributed by atoms with van der Waals surface area (Å²) in [6.45, 7) is 5.81. The molecule has 176 valence electrons. The number of benzene rings is 1. The quantitative estimate of drug-likeness (QED) is 0.447. The molecular weight excluding hydrogens is 414 g/mol. The lowest BCUT2D eigenvalue weighted by Crippen LogP contribution is -2.57. The van der Waals surface area contributed by atoms with E-state index in [1.807, 2.05) is 19.1 Å². The van der Waals surface area contributed by atoms with Crippen molar-refractivity contribution in [3.8, 4) is 5.75 Å². The topological polar surface area (TPSA) is 88.6 Å². The first-order valence-electron chi connectivity index (χ1n) is 11.2. The lowest BCUT2D eigenvalue weighted by molar-refractivity contribution is -0.145. The number of anilines is 1. The molecule has 2 heterocycles. The van der Waals surface area contributed by atoms with E-state index in [1.54, 1.807) is 35.9 Å². The number of nitrogens with zero attached hydrogens (tertiary/aromatic N) is 3. The molecular formula is C23H33N3O6. The van der Waals surface area contributed by atoms with E-state index in [2.05, 4.69) is 4.90 Å². The van der Waals surface area contributed by atoms with Gasteiger partial charge in [-0.1, -0.05) is 13.3 Å². The van der Waals surface area contributed by atoms with Gasteiger partial charge in [0.05, 0.1) is 19.9 Å². The Hall–Kier alpha value is -2.97. The summed E-state index contributed by atoms with van der Waals surface area (Å²) in [6.07, 6.45) is 2.60. The summed E-state index contributed by atoms with van der Waals surface area (Å²) in [5.74, 6) is 0.209. The van der Waals surface area contributed by atoms with Crippen LogP contribution in [0.4, 0.5) is 10.5 Å². The summed E-state index contributed by atoms with van der Waals surface area (Å²) in [7, 11) is 1.80. The van der Waals surface area contributed by atoms with Gasteiger partial charge in [0.2, 0.25) is 5.91 Å². The van der Waals surface area contributed by atoms with Crippen molar-refractivity contribution in [3.63, 3.8) is 0 Å². The van der Waals surface area contributed by atoms with Crippen molar-refractivity contribution in [2.45, 2.75) is 45.1 Å². The second kappa shape index (κ2) is 10.6. The average molecular weight is 448 g/mol. The Morgan fingerprint density at radius 2 is 1.75 bits per heavy atom. The number of likely N-dealkylation sites (tertiary alicyclic amines) is 1. The molecule has 0 atom stereocenters. The standard InChI is InChI=1S/C23H33N3O6/c1-4-6-15-31-22(29)25-13-11-23(12-14-25)21(28)24(3)17-26(23)18-7-9-19(10-8-18)32-16-20(27)30-5-2/h7-10H,4-6,11-17H2,1-3H3. The molecule has 2 aliphatic heterocycles. The van der Waals surface area contributed by atoms with Gasteiger partial charge in [-0.3, -0.25) is 4.79 Å². The van der Waals surface area contributed by atoms with Crippen molar-refractivity contribution in [2.75, 3.05) is 51.5 Å². The minimum atomic E-state index is -0.678. The normalized spacial score (nSPS) is 17.6. The number of amides is 2. The Bertz CT molecular complexity index is 804. The fraction of sp³-hybridized carbons (Fsp3) is 0.609. The minimum absolute atomic E-state index is 0.0686. The highest BCUT2D eigenvalue weighted by atomic mass is 16.6. The average Bonchev–Trinajstić information content (AvgIpc) is 3.04. The van der Waals surface area contributed by atoms with Crippen molar-refractivity contribution in [1.82, 2.24) is 9.80 Å². The summed E-state index contributed by atoms with van der Waals surface area (Å²) >= 11 is 0. The van der Waals surface area contributed by atoms with Gasteiger partial charge in [0.25, 0.3) is 0 Å². The van der Waals surface area contributed by atoms with Crippen LogP contribution >= 0.6 is 0 Å². The fourth-order valence-corrected chi connectivity index (χ4v) is 4.22. The third-order valence-electron chi connectivity index (χ3n) is 6.00. The Labute approximate surface area is 189 Å². The molecule has 9 nitrogen and oxygen atoms in total. The number of ether oxygens (including phenoxy) is 3. The first kappa shape index (κ1) is 23.7. The Balaban J connectivity index is 1.66. The number of hydrogen-bond acceptors (Lipinski definition) is 7. The number of hydrogen-bond donors (Lipinski definition) is 0. The molecule has 2 aliphatic rings. The van der Waals surface area contributed by atoms with Crippen LogP contribution in [0.25, 0.3) is 0 Å². The van der Waals surface area contributed by atoms with Crippen LogP contribution in [0.3, 0.4) is 0 Å². The molecule has 0 bridgehead atoms. The molecule has 9 heteroatoms. The summed E-state index contributed by atoms with van der Waals surface area (Å²) < 4.78 is 15.7. The van der Waals surface area contributed by atoms with Crippen LogP contribution in [0.5, 0.6) is 5.75 Å². The van der Waals surface area contributed by atoms with Gasteiger partial charge in [-0.05, 0) is 50.5 Å². The summed E-state index contributed by atoms with van der Waals surface area (Å²) in [4.78, 5) is 42.4. The van der Waals surface area contributed by atoms with E-state index in [0.717, 1.165) is 18.5 Å². The molecule has 1 aromatic rings. The Morgan fingerprint density at radius 3 is 2.38 bits per heavy atom. The number of piperidine rings is 1. The molecule has 1 spiro atoms. The van der Waals surface area contributed by atoms with Crippen molar-refractivity contribution in [3.05, 3.63) is 24.3 Å². The van der Waals surface area contributed by atoms with Crippen LogP contribution in [-0.2, 0) is 19.1 Å². The zero-order chi connectivity index (χ0) is 23.1. The van der Waals surface area contributed by atoms with E-state index in [0.29, 0.717) is 51.6 Å². The van der Waals surface area contributed by atoms with Crippen LogP contribution in [0.2, 0.25) is 0 Å². The van der Waals surface area contributed by atoms with E-state index in [9.17, 15) is 14.4 Å². The second-order valence-corrected chi connectivity index (χ2v) is 8.15. The van der Waals surface area contributed by atoms with Crippen molar-refractivity contribution in [2.24, 2.45) is 0 Å². The van der Waals surface area contributed by atoms with E-state index < -0.39 is 11.5 Å². The Morgan fingerprint density at radius 1 is 1.06 bits per heavy atom. The lowest BCUT2D eigenvalue weighted by Gasteiger charge is -2.43. The molecule has 0 aromatic heterocycles. The fourth-order valence-electron chi connectivity index (χ4n) is 4.22. The molecule has 2 saturated heterocycles. The van der Waals surface area contributed by atoms with E-state index >= 15 is 0 Å². The summed E-state index contributed by atoms with van der Waals surface area (Å²) in [5.41, 5.74) is 0.215. The van der Waals surface area contributed by atoms with Crippen molar-refractivity contribution < 1.29 is 28.6 Å². The first-order valence-corrected chi connectivity index (χ1v) is 11.2. The van der Waals surface area contributed by atoms with Crippen LogP contribution in [-0.4, -0.2) is 79.9 Å². The van der Waals surface area contributed by atoms with Crippen molar-refractivity contribution >= 4 is 23.7 Å². The van der Waals surface area contributed by atoms with Gasteiger partial charge in [-0.2, -0.15) is 0 Å². The highest BCUT2D eigenvalue weighted by Crippen LogP contribution is 2.39. The summed E-state index contributed by atoms with van der Waals surface area (Å²) in [5, 5.41) is 0. The molecule has 32 heavy (non-hydrogen) atoms. The third-order valence-corrected chi connectivity index (χ3v) is 6.00. The number of carbonyl (C=O) groups excluding carboxylic acids is 3. The van der Waals surface area contributed by atoms with Crippen LogP contribution in [0.1, 0.15) is 39.5 Å². The highest BCUT2D eigenvalue weighted by Gasteiger charge is 2.53. The number of rotatable bonds is 8. The molecule has 0 unspecified atom stereocenters. The van der Waals surface area contributed by atoms with Crippen LogP contribution in [0, 0.1) is 0 Å². The molecule has 0 aliphatic carbocycles. The molecule has 0 saturated carbocycles. The smallest absolute Gasteiger partial charge is 0.409 e. The molecule has 2 amide bonds. The third kappa shape index (κ3) is 5.08. The van der Waals surface area contributed by atoms with Gasteiger partial charge in [-0.25, -0.2) is 9.59 Å². The number of esters is 1. The molecule has 0 N–H and O–H groups in total. The maximum atomic E-state index is 13.1. The van der Waals surface area contributed by atoms with Gasteiger partial charge < -0.3 is 28.9 Å². The molecule has 2 fully saturated rings. The van der Waals surface area contributed by atoms with Crippen molar-refractivity contribution in [1.29, 1.82) is 0 Å². The van der Waals surface area contributed by atoms with Gasteiger partial charge in [0.15, 0.2) is 6.61 Å². The minimum Gasteiger partial charge on any atom is -0.482 e. The zero-order valence-corrected chi connectivity index (χ0v) is 19.2. The SMILES string of the molecule is CCCCOC(=O)N1CCC2(CC1)C(=O)N(C)CN2c1ccc(OCC(=O)OCC)cc1. The molecule has 3 rings (SSSR count).